The van der Waals surface area contributed by atoms with E-state index in [2.05, 4.69) is 59.8 Å². The van der Waals surface area contributed by atoms with Crippen LogP contribution in [-0.2, 0) is 13.0 Å². The number of piperidine rings is 1. The third-order valence-corrected chi connectivity index (χ3v) is 5.38. The highest BCUT2D eigenvalue weighted by Crippen LogP contribution is 2.32. The second-order valence-corrected chi connectivity index (χ2v) is 7.55. The maximum absolute atomic E-state index is 5.84. The molecule has 2 heterocycles. The first kappa shape index (κ1) is 16.6. The van der Waals surface area contributed by atoms with E-state index in [1.165, 1.54) is 41.0 Å². The van der Waals surface area contributed by atoms with Gasteiger partial charge in [0.1, 0.15) is 0 Å². The lowest BCUT2D eigenvalue weighted by atomic mass is 9.91. The Labute approximate surface area is 149 Å². The first-order valence-corrected chi connectivity index (χ1v) is 9.36. The van der Waals surface area contributed by atoms with Gasteiger partial charge in [0.15, 0.2) is 5.58 Å². The second kappa shape index (κ2) is 7.14. The second-order valence-electron chi connectivity index (χ2n) is 7.55. The first-order valence-electron chi connectivity index (χ1n) is 9.36. The molecule has 1 fully saturated rings. The van der Waals surface area contributed by atoms with Crippen molar-refractivity contribution in [3.8, 4) is 0 Å². The highest BCUT2D eigenvalue weighted by atomic mass is 16.5. The van der Waals surface area contributed by atoms with Gasteiger partial charge in [-0.05, 0) is 75.6 Å². The van der Waals surface area contributed by atoms with Gasteiger partial charge in [-0.15, -0.1) is 0 Å². The summed E-state index contributed by atoms with van der Waals surface area (Å²) in [4.78, 5) is 2.19. The number of nitrogens with zero attached hydrogens (tertiary/aromatic N) is 2. The van der Waals surface area contributed by atoms with E-state index in [1.54, 1.807) is 0 Å². The lowest BCUT2D eigenvalue weighted by Gasteiger charge is -2.21. The van der Waals surface area contributed by atoms with E-state index < -0.39 is 0 Å². The molecule has 0 aliphatic carbocycles. The minimum absolute atomic E-state index is 0.815. The Balaban J connectivity index is 1.70. The van der Waals surface area contributed by atoms with Gasteiger partial charge in [0, 0.05) is 17.5 Å². The van der Waals surface area contributed by atoms with Crippen LogP contribution in [-0.4, -0.2) is 37.2 Å². The topological polar surface area (TPSA) is 41.3 Å². The van der Waals surface area contributed by atoms with Crippen LogP contribution in [0.4, 0.5) is 0 Å². The van der Waals surface area contributed by atoms with E-state index >= 15 is 0 Å². The largest absolute Gasteiger partial charge is 0.356 e. The van der Waals surface area contributed by atoms with Gasteiger partial charge in [0.25, 0.3) is 0 Å². The van der Waals surface area contributed by atoms with Crippen LogP contribution >= 0.6 is 0 Å². The predicted molar refractivity (Wildman–Crippen MR) is 103 cm³/mol. The Morgan fingerprint density at radius 1 is 1.16 bits per heavy atom. The van der Waals surface area contributed by atoms with E-state index in [-0.39, 0.29) is 0 Å². The van der Waals surface area contributed by atoms with Crippen LogP contribution in [0.3, 0.4) is 0 Å². The van der Waals surface area contributed by atoms with Crippen molar-refractivity contribution in [1.82, 2.24) is 15.4 Å². The molecule has 0 saturated carbocycles. The van der Waals surface area contributed by atoms with Gasteiger partial charge < -0.3 is 14.7 Å². The Morgan fingerprint density at radius 2 is 1.96 bits per heavy atom. The number of fused-ring (bicyclic) bond motifs is 2. The van der Waals surface area contributed by atoms with Crippen molar-refractivity contribution in [3.05, 3.63) is 41.6 Å². The molecule has 3 aromatic rings. The van der Waals surface area contributed by atoms with Gasteiger partial charge in [-0.3, -0.25) is 0 Å². The average Bonchev–Trinajstić information content (AvgIpc) is 3.03. The molecule has 1 aliphatic heterocycles. The van der Waals surface area contributed by atoms with Crippen molar-refractivity contribution in [3.63, 3.8) is 0 Å². The monoisotopic (exact) mass is 337 g/mol. The van der Waals surface area contributed by atoms with Gasteiger partial charge in [-0.2, -0.15) is 0 Å². The molecule has 0 radical (unpaired) electrons. The summed E-state index contributed by atoms with van der Waals surface area (Å²) in [7, 11) is 4.20. The lowest BCUT2D eigenvalue weighted by Crippen LogP contribution is -2.27. The highest BCUT2D eigenvalue weighted by Gasteiger charge is 2.18. The van der Waals surface area contributed by atoms with E-state index in [4.69, 9.17) is 4.52 Å². The molecule has 132 valence electrons. The van der Waals surface area contributed by atoms with Crippen molar-refractivity contribution < 1.29 is 4.52 Å². The smallest absolute Gasteiger partial charge is 0.172 e. The molecule has 4 nitrogen and oxygen atoms in total. The Hall–Kier alpha value is -1.91. The zero-order chi connectivity index (χ0) is 17.2. The van der Waals surface area contributed by atoms with Crippen molar-refractivity contribution in [1.29, 1.82) is 0 Å². The molecular formula is C21H27N3O. The fourth-order valence-corrected chi connectivity index (χ4v) is 4.04. The number of hydrogen-bond donors (Lipinski definition) is 1. The summed E-state index contributed by atoms with van der Waals surface area (Å²) in [6, 6.07) is 10.8. The number of hydrogen-bond acceptors (Lipinski definition) is 4. The zero-order valence-corrected chi connectivity index (χ0v) is 15.2. The van der Waals surface area contributed by atoms with E-state index in [0.29, 0.717) is 0 Å². The van der Waals surface area contributed by atoms with Gasteiger partial charge in [-0.1, -0.05) is 29.4 Å². The van der Waals surface area contributed by atoms with Crippen LogP contribution in [0.2, 0.25) is 0 Å². The van der Waals surface area contributed by atoms with Crippen molar-refractivity contribution in [2.24, 2.45) is 5.92 Å². The van der Waals surface area contributed by atoms with Gasteiger partial charge >= 0.3 is 0 Å². The van der Waals surface area contributed by atoms with Crippen LogP contribution in [0.15, 0.2) is 34.9 Å². The molecular weight excluding hydrogens is 310 g/mol. The molecule has 2 aromatic carbocycles. The third kappa shape index (κ3) is 3.42. The number of rotatable bonds is 5. The Bertz CT molecular complexity index is 862. The molecule has 4 rings (SSSR count). The molecule has 0 amide bonds. The normalized spacial score (nSPS) is 16.3. The molecule has 1 aromatic heterocycles. The summed E-state index contributed by atoms with van der Waals surface area (Å²) in [6.45, 7) is 3.17. The summed E-state index contributed by atoms with van der Waals surface area (Å²) in [5, 5.41) is 11.6. The number of benzene rings is 2. The Kier molecular flexibility index (Phi) is 4.73. The zero-order valence-electron chi connectivity index (χ0n) is 15.2. The van der Waals surface area contributed by atoms with E-state index in [0.717, 1.165) is 43.2 Å². The highest BCUT2D eigenvalue weighted by molar-refractivity contribution is 6.00. The summed E-state index contributed by atoms with van der Waals surface area (Å²) in [5.74, 6) is 0.815. The first-order chi connectivity index (χ1) is 12.2. The van der Waals surface area contributed by atoms with Gasteiger partial charge in [0.05, 0.1) is 5.69 Å². The van der Waals surface area contributed by atoms with Gasteiger partial charge in [-0.25, -0.2) is 0 Å². The maximum Gasteiger partial charge on any atom is 0.172 e. The fraction of sp³-hybridized carbons (Fsp3) is 0.476. The number of aromatic nitrogens is 1. The minimum atomic E-state index is 0.815. The molecule has 0 atom stereocenters. The summed E-state index contributed by atoms with van der Waals surface area (Å²) in [5.41, 5.74) is 3.34. The molecule has 0 spiro atoms. The molecule has 4 heteroatoms. The van der Waals surface area contributed by atoms with Crippen LogP contribution < -0.4 is 5.32 Å². The molecule has 0 bridgehead atoms. The van der Waals surface area contributed by atoms with Crippen molar-refractivity contribution >= 4 is 21.7 Å². The minimum Gasteiger partial charge on any atom is -0.356 e. The molecule has 1 saturated heterocycles. The predicted octanol–water partition coefficient (Wildman–Crippen LogP) is 3.97. The quantitative estimate of drug-likeness (QED) is 0.765. The Morgan fingerprint density at radius 3 is 2.76 bits per heavy atom. The molecule has 0 unspecified atom stereocenters. The summed E-state index contributed by atoms with van der Waals surface area (Å²) >= 11 is 0. The summed E-state index contributed by atoms with van der Waals surface area (Å²) in [6.07, 6.45) is 4.78. The van der Waals surface area contributed by atoms with Crippen molar-refractivity contribution in [2.45, 2.75) is 32.2 Å². The molecule has 25 heavy (non-hydrogen) atoms. The van der Waals surface area contributed by atoms with E-state index in [9.17, 15) is 0 Å². The lowest BCUT2D eigenvalue weighted by molar-refractivity contribution is 0.350. The average molecular weight is 337 g/mol. The van der Waals surface area contributed by atoms with Crippen molar-refractivity contribution in [2.75, 3.05) is 27.2 Å². The molecule has 1 N–H and O–H groups in total. The maximum atomic E-state index is 5.84. The third-order valence-electron chi connectivity index (χ3n) is 5.38. The fourth-order valence-electron chi connectivity index (χ4n) is 4.04. The van der Waals surface area contributed by atoms with Crippen LogP contribution in [0.5, 0.6) is 0 Å². The SMILES string of the molecule is CN(C)Cc1c2ccccc2cc2c(CCC3CCNCC3)noc12. The van der Waals surface area contributed by atoms with Crippen LogP contribution in [0.1, 0.15) is 30.5 Å². The van der Waals surface area contributed by atoms with E-state index in [1.807, 2.05) is 0 Å². The number of aryl methyl sites for hydroxylation is 1. The molecule has 1 aliphatic rings. The standard InChI is InChI=1S/C21H27N3O/c1-24(2)14-19-17-6-4-3-5-16(17)13-18-20(23-25-21(18)19)8-7-15-9-11-22-12-10-15/h3-6,13,15,22H,7-12,14H2,1-2H3. The number of nitrogens with one attached hydrogen (secondary N) is 1. The van der Waals surface area contributed by atoms with Crippen LogP contribution in [0.25, 0.3) is 21.7 Å². The summed E-state index contributed by atoms with van der Waals surface area (Å²) < 4.78 is 5.84. The van der Waals surface area contributed by atoms with Gasteiger partial charge in [0.2, 0.25) is 0 Å². The van der Waals surface area contributed by atoms with Crippen LogP contribution in [0, 0.1) is 5.92 Å².